The molecule has 180 valence electrons. The summed E-state index contributed by atoms with van der Waals surface area (Å²) in [6.07, 6.45) is 5.16. The molecule has 34 heavy (non-hydrogen) atoms. The highest BCUT2D eigenvalue weighted by atomic mass is 16.6. The van der Waals surface area contributed by atoms with Gasteiger partial charge in [-0.3, -0.25) is 9.78 Å². The molecule has 11 heteroatoms. The number of nitrogens with zero attached hydrogens (tertiary/aromatic N) is 7. The van der Waals surface area contributed by atoms with E-state index in [1.165, 1.54) is 6.20 Å². The van der Waals surface area contributed by atoms with Crippen LogP contribution < -0.4 is 4.90 Å². The Bertz CT molecular complexity index is 1170. The Labute approximate surface area is 197 Å². The van der Waals surface area contributed by atoms with Crippen LogP contribution in [-0.4, -0.2) is 66.8 Å². The van der Waals surface area contributed by atoms with Gasteiger partial charge < -0.3 is 23.6 Å². The number of rotatable bonds is 5. The molecule has 4 heterocycles. The second kappa shape index (κ2) is 9.24. The fourth-order valence-electron chi connectivity index (χ4n) is 3.86. The summed E-state index contributed by atoms with van der Waals surface area (Å²) < 4.78 is 12.6. The molecule has 3 aromatic heterocycles. The molecule has 3 aromatic rings. The van der Waals surface area contributed by atoms with Crippen molar-refractivity contribution in [2.75, 3.05) is 24.5 Å². The predicted octanol–water partition coefficient (Wildman–Crippen LogP) is 3.26. The summed E-state index contributed by atoms with van der Waals surface area (Å²) in [5, 5.41) is 4.08. The molecule has 0 aromatic carbocycles. The van der Waals surface area contributed by atoms with Crippen LogP contribution in [0.4, 0.5) is 10.5 Å². The molecule has 4 rings (SSSR count). The molecule has 0 radical (unpaired) electrons. The number of carbonyl (C=O) groups excluding carboxylic acids is 2. The van der Waals surface area contributed by atoms with Crippen LogP contribution in [0.2, 0.25) is 0 Å². The van der Waals surface area contributed by atoms with Crippen molar-refractivity contribution in [3.63, 3.8) is 0 Å². The summed E-state index contributed by atoms with van der Waals surface area (Å²) in [5.41, 5.74) is 0.546. The SMILES string of the molecule is CCN(C(=O)c1cnc(-c2noc(C3CCN(C(=O)OC(C)(C)C)C3)n2)n1C)c1cccnc1. The average molecular weight is 468 g/mol. The van der Waals surface area contributed by atoms with Gasteiger partial charge in [-0.25, -0.2) is 9.78 Å². The fourth-order valence-corrected chi connectivity index (χ4v) is 3.86. The Morgan fingerprint density at radius 1 is 1.29 bits per heavy atom. The zero-order valence-corrected chi connectivity index (χ0v) is 20.1. The fraction of sp³-hybridized carbons (Fsp3) is 0.478. The minimum Gasteiger partial charge on any atom is -0.444 e. The Hall–Kier alpha value is -3.76. The van der Waals surface area contributed by atoms with Gasteiger partial charge in [0, 0.05) is 32.9 Å². The third kappa shape index (κ3) is 4.78. The number of imidazole rings is 1. The summed E-state index contributed by atoms with van der Waals surface area (Å²) in [6.45, 7) is 8.89. The van der Waals surface area contributed by atoms with Crippen molar-refractivity contribution in [1.82, 2.24) is 29.6 Å². The maximum Gasteiger partial charge on any atom is 0.410 e. The van der Waals surface area contributed by atoms with Gasteiger partial charge in [0.15, 0.2) is 5.82 Å². The molecule has 0 N–H and O–H groups in total. The lowest BCUT2D eigenvalue weighted by Crippen LogP contribution is -2.35. The molecule has 1 aliphatic heterocycles. The van der Waals surface area contributed by atoms with E-state index in [0.29, 0.717) is 49.2 Å². The highest BCUT2D eigenvalue weighted by Gasteiger charge is 2.34. The third-order valence-electron chi connectivity index (χ3n) is 5.56. The second-order valence-electron chi connectivity index (χ2n) is 9.15. The zero-order valence-electron chi connectivity index (χ0n) is 20.1. The van der Waals surface area contributed by atoms with Crippen molar-refractivity contribution in [2.45, 2.75) is 45.6 Å². The third-order valence-corrected chi connectivity index (χ3v) is 5.56. The summed E-state index contributed by atoms with van der Waals surface area (Å²) in [5.74, 6) is 0.849. The summed E-state index contributed by atoms with van der Waals surface area (Å²) in [6, 6.07) is 3.62. The van der Waals surface area contributed by atoms with E-state index in [1.807, 2.05) is 33.8 Å². The van der Waals surface area contributed by atoms with Crippen molar-refractivity contribution in [2.24, 2.45) is 7.05 Å². The number of pyridine rings is 1. The highest BCUT2D eigenvalue weighted by Crippen LogP contribution is 2.29. The number of anilines is 1. The lowest BCUT2D eigenvalue weighted by Gasteiger charge is -2.24. The second-order valence-corrected chi connectivity index (χ2v) is 9.15. The van der Waals surface area contributed by atoms with Crippen LogP contribution in [0.1, 0.15) is 56.4 Å². The number of aromatic nitrogens is 5. The normalized spacial score (nSPS) is 16.0. The molecule has 1 atom stereocenters. The van der Waals surface area contributed by atoms with Crippen LogP contribution >= 0.6 is 0 Å². The Morgan fingerprint density at radius 2 is 2.09 bits per heavy atom. The van der Waals surface area contributed by atoms with E-state index in [9.17, 15) is 9.59 Å². The van der Waals surface area contributed by atoms with Crippen LogP contribution in [0.5, 0.6) is 0 Å². The lowest BCUT2D eigenvalue weighted by atomic mass is 10.1. The Kier molecular flexibility index (Phi) is 6.36. The van der Waals surface area contributed by atoms with Crippen molar-refractivity contribution in [3.05, 3.63) is 42.3 Å². The maximum absolute atomic E-state index is 13.2. The van der Waals surface area contributed by atoms with Crippen molar-refractivity contribution in [3.8, 4) is 11.6 Å². The molecule has 1 saturated heterocycles. The van der Waals surface area contributed by atoms with E-state index >= 15 is 0 Å². The summed E-state index contributed by atoms with van der Waals surface area (Å²) in [7, 11) is 1.74. The lowest BCUT2D eigenvalue weighted by molar-refractivity contribution is 0.0291. The van der Waals surface area contributed by atoms with Crippen LogP contribution in [0.3, 0.4) is 0 Å². The predicted molar refractivity (Wildman–Crippen MR) is 123 cm³/mol. The van der Waals surface area contributed by atoms with Gasteiger partial charge in [-0.15, -0.1) is 0 Å². The monoisotopic (exact) mass is 467 g/mol. The number of hydrogen-bond acceptors (Lipinski definition) is 8. The van der Waals surface area contributed by atoms with Crippen molar-refractivity contribution >= 4 is 17.7 Å². The van der Waals surface area contributed by atoms with E-state index < -0.39 is 5.60 Å². The topological polar surface area (TPSA) is 119 Å². The van der Waals surface area contributed by atoms with E-state index in [0.717, 1.165) is 0 Å². The number of carbonyl (C=O) groups is 2. The molecule has 0 aliphatic carbocycles. The van der Waals surface area contributed by atoms with Crippen LogP contribution in [0, 0.1) is 0 Å². The number of amides is 2. The Morgan fingerprint density at radius 3 is 2.76 bits per heavy atom. The van der Waals surface area contributed by atoms with Gasteiger partial charge in [-0.2, -0.15) is 4.98 Å². The maximum atomic E-state index is 13.2. The van der Waals surface area contributed by atoms with Crippen molar-refractivity contribution < 1.29 is 18.8 Å². The van der Waals surface area contributed by atoms with Gasteiger partial charge in [0.1, 0.15) is 11.3 Å². The van der Waals surface area contributed by atoms with E-state index in [1.54, 1.807) is 39.9 Å². The summed E-state index contributed by atoms with van der Waals surface area (Å²) >= 11 is 0. The summed E-state index contributed by atoms with van der Waals surface area (Å²) in [4.78, 5) is 41.8. The molecule has 0 spiro atoms. The van der Waals surface area contributed by atoms with E-state index in [2.05, 4.69) is 20.1 Å². The zero-order chi connectivity index (χ0) is 24.5. The van der Waals surface area contributed by atoms with Gasteiger partial charge in [0.2, 0.25) is 11.7 Å². The number of ether oxygens (including phenoxy) is 1. The molecule has 1 aliphatic rings. The molecule has 2 amide bonds. The Balaban J connectivity index is 1.49. The number of hydrogen-bond donors (Lipinski definition) is 0. The highest BCUT2D eigenvalue weighted by molar-refractivity contribution is 6.05. The van der Waals surface area contributed by atoms with Gasteiger partial charge in [-0.1, -0.05) is 5.16 Å². The van der Waals surface area contributed by atoms with E-state index in [-0.39, 0.29) is 23.7 Å². The minimum atomic E-state index is -0.551. The molecule has 1 unspecified atom stereocenters. The molecule has 0 saturated carbocycles. The number of likely N-dealkylation sites (tertiary alicyclic amines) is 1. The molecular weight excluding hydrogens is 438 g/mol. The van der Waals surface area contributed by atoms with Gasteiger partial charge in [0.25, 0.3) is 5.91 Å². The first-order chi connectivity index (χ1) is 16.2. The largest absolute Gasteiger partial charge is 0.444 e. The van der Waals surface area contributed by atoms with Crippen LogP contribution in [-0.2, 0) is 11.8 Å². The molecule has 0 bridgehead atoms. The van der Waals surface area contributed by atoms with Crippen LogP contribution in [0.15, 0.2) is 35.2 Å². The molecule has 11 nitrogen and oxygen atoms in total. The van der Waals surface area contributed by atoms with Gasteiger partial charge in [0.05, 0.1) is 24.0 Å². The van der Waals surface area contributed by atoms with Crippen molar-refractivity contribution in [1.29, 1.82) is 0 Å². The quantitative estimate of drug-likeness (QED) is 0.561. The van der Waals surface area contributed by atoms with E-state index in [4.69, 9.17) is 9.26 Å². The van der Waals surface area contributed by atoms with Gasteiger partial charge in [-0.05, 0) is 46.2 Å². The first-order valence-electron chi connectivity index (χ1n) is 11.2. The first kappa shape index (κ1) is 23.4. The molecule has 1 fully saturated rings. The minimum absolute atomic E-state index is 0.0868. The first-order valence-corrected chi connectivity index (χ1v) is 11.2. The molecular formula is C23H29N7O4. The average Bonchev–Trinajstić information content (AvgIpc) is 3.53. The van der Waals surface area contributed by atoms with Crippen LogP contribution in [0.25, 0.3) is 11.6 Å². The standard InChI is InChI=1S/C23H29N7O4/c1-6-30(16-8-7-10-24-12-16)21(31)17-13-25-19(28(17)5)18-26-20(34-27-18)15-9-11-29(14-15)22(32)33-23(2,3)4/h7-8,10,12-13,15H,6,9,11,14H2,1-5H3. The van der Waals surface area contributed by atoms with Gasteiger partial charge >= 0.3 is 6.09 Å². The smallest absolute Gasteiger partial charge is 0.410 e.